The fraction of sp³-hybridized carbons (Fsp3) is 0.333. The van der Waals surface area contributed by atoms with E-state index in [4.69, 9.17) is 14.2 Å². The lowest BCUT2D eigenvalue weighted by Crippen LogP contribution is -2.36. The molecule has 5 rings (SSSR count). The molecule has 0 aliphatic carbocycles. The van der Waals surface area contributed by atoms with Gasteiger partial charge in [0.25, 0.3) is 5.91 Å². The third kappa shape index (κ3) is 5.35. The lowest BCUT2D eigenvalue weighted by Gasteiger charge is -2.28. The molecule has 0 radical (unpaired) electrons. The van der Waals surface area contributed by atoms with Crippen LogP contribution in [0, 0.1) is 6.92 Å². The van der Waals surface area contributed by atoms with Gasteiger partial charge in [-0.05, 0) is 60.0 Å². The number of anilines is 2. The number of nitrogens with zero attached hydrogens (tertiary/aromatic N) is 2. The Bertz CT molecular complexity index is 1310. The fourth-order valence-corrected chi connectivity index (χ4v) is 4.37. The van der Waals surface area contributed by atoms with Gasteiger partial charge in [-0.15, -0.1) is 0 Å². The monoisotopic (exact) mass is 511 g/mol. The number of nitrogens with one attached hydrogen (secondary N) is 1. The van der Waals surface area contributed by atoms with Gasteiger partial charge in [0.05, 0.1) is 25.4 Å². The van der Waals surface area contributed by atoms with Crippen molar-refractivity contribution in [1.82, 2.24) is 4.98 Å². The van der Waals surface area contributed by atoms with E-state index in [-0.39, 0.29) is 30.1 Å². The number of aromatic nitrogens is 1. The molecule has 1 fully saturated rings. The van der Waals surface area contributed by atoms with Gasteiger partial charge in [-0.1, -0.05) is 6.07 Å². The number of aliphatic hydroxyl groups excluding tert-OH is 1. The van der Waals surface area contributed by atoms with Crippen LogP contribution >= 0.6 is 0 Å². The first-order valence-corrected chi connectivity index (χ1v) is 12.0. The first-order valence-electron chi connectivity index (χ1n) is 12.0. The van der Waals surface area contributed by atoms with E-state index in [1.54, 1.807) is 12.1 Å². The number of hydrogen-bond acceptors (Lipinski definition) is 7. The van der Waals surface area contributed by atoms with Crippen molar-refractivity contribution in [2.24, 2.45) is 0 Å². The Kier molecular flexibility index (Phi) is 6.94. The second kappa shape index (κ2) is 10.3. The van der Waals surface area contributed by atoms with Crippen molar-refractivity contribution in [3.63, 3.8) is 0 Å². The van der Waals surface area contributed by atoms with Gasteiger partial charge >= 0.3 is 5.92 Å². The summed E-state index contributed by atoms with van der Waals surface area (Å²) in [7, 11) is 0. The van der Waals surface area contributed by atoms with Crippen LogP contribution in [0.3, 0.4) is 0 Å². The normalized spacial score (nSPS) is 16.2. The summed E-state index contributed by atoms with van der Waals surface area (Å²) in [4.78, 5) is 19.6. The highest BCUT2D eigenvalue weighted by Crippen LogP contribution is 2.41. The zero-order valence-electron chi connectivity index (χ0n) is 20.3. The van der Waals surface area contributed by atoms with Crippen LogP contribution in [0.15, 0.2) is 48.5 Å². The summed E-state index contributed by atoms with van der Waals surface area (Å²) in [5.74, 6) is -2.44. The SMILES string of the molecule is Cc1ccc(NC(=O)c2ccc3c(c2)C(F)(F)CO3)cc1-c1cc(OCCO)nc(N2CCOCC2)c1. The van der Waals surface area contributed by atoms with E-state index in [1.807, 2.05) is 25.1 Å². The molecular weight excluding hydrogens is 484 g/mol. The zero-order valence-corrected chi connectivity index (χ0v) is 20.3. The number of aliphatic hydroxyl groups is 1. The van der Waals surface area contributed by atoms with Crippen LogP contribution in [-0.2, 0) is 10.7 Å². The summed E-state index contributed by atoms with van der Waals surface area (Å²) in [5.41, 5.74) is 2.97. The molecule has 1 amide bonds. The number of halogens is 2. The standard InChI is InChI=1S/C27H27F2N3O5/c1-17-2-4-20(30-26(34)18-3-5-23-22(12-18)27(28,29)16-37-23)15-21(17)19-13-24(32-6-9-35-10-7-32)31-25(14-19)36-11-8-33/h2-5,12-15,33H,6-11,16H2,1H3,(H,30,34). The van der Waals surface area contributed by atoms with Gasteiger partial charge in [0.2, 0.25) is 5.88 Å². The van der Waals surface area contributed by atoms with Crippen molar-refractivity contribution >= 4 is 17.4 Å². The maximum atomic E-state index is 14.1. The van der Waals surface area contributed by atoms with Crippen LogP contribution in [0.1, 0.15) is 21.5 Å². The van der Waals surface area contributed by atoms with Crippen LogP contribution in [0.2, 0.25) is 0 Å². The maximum Gasteiger partial charge on any atom is 0.310 e. The average Bonchev–Trinajstić information content (AvgIpc) is 3.22. The number of carbonyl (C=O) groups excluding carboxylic acids is 1. The average molecular weight is 512 g/mol. The van der Waals surface area contributed by atoms with Crippen molar-refractivity contribution in [2.75, 3.05) is 56.3 Å². The third-order valence-corrected chi connectivity index (χ3v) is 6.32. The largest absolute Gasteiger partial charge is 0.486 e. The molecule has 2 aliphatic heterocycles. The molecule has 0 unspecified atom stereocenters. The number of rotatable bonds is 7. The predicted octanol–water partition coefficient (Wildman–Crippen LogP) is 4.00. The molecule has 0 spiro atoms. The molecule has 1 aromatic heterocycles. The van der Waals surface area contributed by atoms with Gasteiger partial charge in [-0.3, -0.25) is 4.79 Å². The lowest BCUT2D eigenvalue weighted by molar-refractivity contribution is -0.0214. The number of aryl methyl sites for hydroxylation is 1. The Morgan fingerprint density at radius 1 is 1.16 bits per heavy atom. The highest BCUT2D eigenvalue weighted by Gasteiger charge is 2.41. The third-order valence-electron chi connectivity index (χ3n) is 6.32. The molecule has 194 valence electrons. The van der Waals surface area contributed by atoms with Crippen molar-refractivity contribution in [3.8, 4) is 22.8 Å². The van der Waals surface area contributed by atoms with E-state index < -0.39 is 18.4 Å². The summed E-state index contributed by atoms with van der Waals surface area (Å²) in [6, 6.07) is 13.2. The van der Waals surface area contributed by atoms with Gasteiger partial charge < -0.3 is 29.5 Å². The number of fused-ring (bicyclic) bond motifs is 1. The highest BCUT2D eigenvalue weighted by molar-refractivity contribution is 6.05. The van der Waals surface area contributed by atoms with Crippen LogP contribution in [0.5, 0.6) is 11.6 Å². The second-order valence-electron chi connectivity index (χ2n) is 8.91. The Balaban J connectivity index is 1.44. The summed E-state index contributed by atoms with van der Waals surface area (Å²) in [6.45, 7) is 3.77. The van der Waals surface area contributed by atoms with Crippen molar-refractivity contribution in [2.45, 2.75) is 12.8 Å². The Hall–Kier alpha value is -3.76. The summed E-state index contributed by atoms with van der Waals surface area (Å²) >= 11 is 0. The molecule has 0 saturated carbocycles. The molecule has 2 aliphatic rings. The topological polar surface area (TPSA) is 93.2 Å². The van der Waals surface area contributed by atoms with Gasteiger partial charge in [0, 0.05) is 30.4 Å². The predicted molar refractivity (Wildman–Crippen MR) is 134 cm³/mol. The molecule has 2 aromatic carbocycles. The summed E-state index contributed by atoms with van der Waals surface area (Å²) in [6.07, 6.45) is 0. The number of benzene rings is 2. The molecule has 1 saturated heterocycles. The maximum absolute atomic E-state index is 14.1. The van der Waals surface area contributed by atoms with E-state index in [0.29, 0.717) is 37.9 Å². The second-order valence-corrected chi connectivity index (χ2v) is 8.91. The molecule has 3 heterocycles. The smallest absolute Gasteiger partial charge is 0.310 e. The molecule has 2 N–H and O–H groups in total. The van der Waals surface area contributed by atoms with Crippen LogP contribution in [0.25, 0.3) is 11.1 Å². The molecule has 0 bridgehead atoms. The summed E-state index contributed by atoms with van der Waals surface area (Å²) < 4.78 is 44.2. The van der Waals surface area contributed by atoms with Gasteiger partial charge in [-0.2, -0.15) is 13.8 Å². The molecule has 3 aromatic rings. The first kappa shape index (κ1) is 24.9. The number of hydrogen-bond donors (Lipinski definition) is 2. The number of ether oxygens (including phenoxy) is 3. The van der Waals surface area contributed by atoms with Crippen molar-refractivity contribution in [3.05, 3.63) is 65.2 Å². The van der Waals surface area contributed by atoms with E-state index >= 15 is 0 Å². The van der Waals surface area contributed by atoms with E-state index in [9.17, 15) is 18.7 Å². The van der Waals surface area contributed by atoms with Crippen LogP contribution in [-0.4, -0.2) is 62.1 Å². The van der Waals surface area contributed by atoms with Gasteiger partial charge in [-0.25, -0.2) is 0 Å². The number of amides is 1. The Labute approximate surface area is 212 Å². The number of pyridine rings is 1. The molecule has 10 heteroatoms. The lowest BCUT2D eigenvalue weighted by atomic mass is 10.00. The van der Waals surface area contributed by atoms with Gasteiger partial charge in [0.15, 0.2) is 6.61 Å². The van der Waals surface area contributed by atoms with E-state index in [2.05, 4.69) is 15.2 Å². The Morgan fingerprint density at radius 2 is 1.97 bits per heavy atom. The fourth-order valence-electron chi connectivity index (χ4n) is 4.37. The van der Waals surface area contributed by atoms with E-state index in [1.165, 1.54) is 18.2 Å². The minimum absolute atomic E-state index is 0.0900. The molecule has 8 nitrogen and oxygen atoms in total. The molecular formula is C27H27F2N3O5. The minimum atomic E-state index is -3.13. The van der Waals surface area contributed by atoms with Crippen molar-refractivity contribution in [1.29, 1.82) is 0 Å². The number of morpholine rings is 1. The zero-order chi connectivity index (χ0) is 26.0. The van der Waals surface area contributed by atoms with Crippen molar-refractivity contribution < 1.29 is 32.9 Å². The van der Waals surface area contributed by atoms with E-state index in [0.717, 1.165) is 22.5 Å². The number of carbonyl (C=O) groups is 1. The minimum Gasteiger partial charge on any atom is -0.486 e. The molecule has 37 heavy (non-hydrogen) atoms. The van der Waals surface area contributed by atoms with Crippen LogP contribution in [0.4, 0.5) is 20.3 Å². The first-order chi connectivity index (χ1) is 17.8. The van der Waals surface area contributed by atoms with Crippen LogP contribution < -0.4 is 19.7 Å². The highest BCUT2D eigenvalue weighted by atomic mass is 19.3. The number of alkyl halides is 2. The van der Waals surface area contributed by atoms with Gasteiger partial charge in [0.1, 0.15) is 18.2 Å². The molecule has 0 atom stereocenters. The quantitative estimate of drug-likeness (QED) is 0.495. The Morgan fingerprint density at radius 3 is 2.76 bits per heavy atom. The summed E-state index contributed by atoms with van der Waals surface area (Å²) in [5, 5.41) is 12.0.